The van der Waals surface area contributed by atoms with E-state index in [1.807, 2.05) is 54.6 Å². The zero-order valence-electron chi connectivity index (χ0n) is 33.5. The molecule has 306 valence electrons. The lowest BCUT2D eigenvalue weighted by Gasteiger charge is -2.20. The number of nitrogens with one attached hydrogen (secondary N) is 2. The third-order valence-corrected chi connectivity index (χ3v) is 11.2. The summed E-state index contributed by atoms with van der Waals surface area (Å²) >= 11 is 6.86. The fourth-order valence-corrected chi connectivity index (χ4v) is 7.98. The Morgan fingerprint density at radius 1 is 0.783 bits per heavy atom. The van der Waals surface area contributed by atoms with Crippen molar-refractivity contribution >= 4 is 29.6 Å². The molecule has 0 bridgehead atoms. The van der Waals surface area contributed by atoms with Gasteiger partial charge in [0.15, 0.2) is 0 Å². The molecule has 0 saturated carbocycles. The Hall–Kier alpha value is -6.49. The number of hydrogen-bond acceptors (Lipinski definition) is 8. The van der Waals surface area contributed by atoms with Crippen molar-refractivity contribution in [1.29, 1.82) is 0 Å². The molecule has 60 heavy (non-hydrogen) atoms. The number of esters is 1. The standard InChI is InChI=1S/C49H46ClN3O7/c1-31-33(15-12-20-37(31)32-13-4-3-5-14-32)29-59-46-25-42(34-23-36(47(54)55)27-51-26-34)35(24-44(46)50)28-53-45(48(56)58-2)21-10-11-22-52-49(57)60-30-43-40-18-8-6-16-38(40)39-17-7-9-19-41(39)43/h3-9,12-20,23-27,43,45,53H,10-11,21-22,28-30H2,1-2H3,(H,52,57)(H,54,55). The fraction of sp³-hybridized carbons (Fsp3) is 0.224. The van der Waals surface area contributed by atoms with Gasteiger partial charge in [0, 0.05) is 37.0 Å². The van der Waals surface area contributed by atoms with Gasteiger partial charge in [0.2, 0.25) is 0 Å². The first-order valence-electron chi connectivity index (χ1n) is 19.9. The lowest BCUT2D eigenvalue weighted by Crippen LogP contribution is -2.37. The Morgan fingerprint density at radius 3 is 2.20 bits per heavy atom. The molecule has 11 heteroatoms. The number of halogens is 1. The second kappa shape index (κ2) is 19.5. The average molecular weight is 824 g/mol. The van der Waals surface area contributed by atoms with Crippen molar-refractivity contribution in [2.75, 3.05) is 20.3 Å². The number of aromatic carboxylic acids is 1. The number of carboxylic acid groups (broad SMARTS) is 1. The largest absolute Gasteiger partial charge is 0.487 e. The normalized spacial score (nSPS) is 12.2. The number of benzene rings is 5. The summed E-state index contributed by atoms with van der Waals surface area (Å²) in [5.41, 5.74) is 10.8. The van der Waals surface area contributed by atoms with Crippen LogP contribution >= 0.6 is 11.6 Å². The van der Waals surface area contributed by atoms with E-state index < -0.39 is 24.1 Å². The van der Waals surface area contributed by atoms with Gasteiger partial charge in [-0.05, 0) is 100 Å². The third kappa shape index (κ3) is 9.68. The summed E-state index contributed by atoms with van der Waals surface area (Å²) in [6.07, 6.45) is 4.01. The van der Waals surface area contributed by atoms with Crippen LogP contribution in [0.3, 0.4) is 0 Å². The molecule has 0 aliphatic heterocycles. The number of pyridine rings is 1. The fourth-order valence-electron chi connectivity index (χ4n) is 7.74. The molecule has 1 aromatic heterocycles. The number of aromatic nitrogens is 1. The highest BCUT2D eigenvalue weighted by Crippen LogP contribution is 2.44. The summed E-state index contributed by atoms with van der Waals surface area (Å²) in [5, 5.41) is 16.2. The molecule has 1 aliphatic rings. The summed E-state index contributed by atoms with van der Waals surface area (Å²) in [4.78, 5) is 41.8. The molecule has 1 unspecified atom stereocenters. The maximum Gasteiger partial charge on any atom is 0.407 e. The van der Waals surface area contributed by atoms with Gasteiger partial charge in [-0.1, -0.05) is 109 Å². The van der Waals surface area contributed by atoms with E-state index in [4.69, 9.17) is 25.8 Å². The molecule has 0 fully saturated rings. The minimum Gasteiger partial charge on any atom is -0.487 e. The van der Waals surface area contributed by atoms with Crippen molar-refractivity contribution < 1.29 is 33.7 Å². The zero-order valence-corrected chi connectivity index (χ0v) is 34.2. The molecule has 0 radical (unpaired) electrons. The van der Waals surface area contributed by atoms with Crippen molar-refractivity contribution in [3.05, 3.63) is 166 Å². The number of alkyl carbamates (subject to hydrolysis) is 1. The monoisotopic (exact) mass is 823 g/mol. The van der Waals surface area contributed by atoms with Gasteiger partial charge in [-0.3, -0.25) is 9.78 Å². The molecule has 1 heterocycles. The maximum atomic E-state index is 13.0. The molecule has 0 spiro atoms. The smallest absolute Gasteiger partial charge is 0.407 e. The highest BCUT2D eigenvalue weighted by Gasteiger charge is 2.29. The predicted molar refractivity (Wildman–Crippen MR) is 232 cm³/mol. The van der Waals surface area contributed by atoms with Crippen molar-refractivity contribution in [1.82, 2.24) is 15.6 Å². The molecule has 1 atom stereocenters. The number of ether oxygens (including phenoxy) is 3. The summed E-state index contributed by atoms with van der Waals surface area (Å²) in [6.45, 7) is 3.10. The number of amides is 1. The van der Waals surface area contributed by atoms with Gasteiger partial charge >= 0.3 is 18.0 Å². The van der Waals surface area contributed by atoms with Crippen LogP contribution in [0.15, 0.2) is 128 Å². The van der Waals surface area contributed by atoms with Crippen molar-refractivity contribution in [3.8, 4) is 39.1 Å². The minimum atomic E-state index is -1.11. The summed E-state index contributed by atoms with van der Waals surface area (Å²) in [5.74, 6) is -1.16. The molecule has 7 rings (SSSR count). The van der Waals surface area contributed by atoms with Crippen LogP contribution in [0.1, 0.15) is 63.4 Å². The lowest BCUT2D eigenvalue weighted by atomic mass is 9.97. The molecular formula is C49H46ClN3O7. The van der Waals surface area contributed by atoms with Crippen LogP contribution in [0.5, 0.6) is 5.75 Å². The van der Waals surface area contributed by atoms with Crippen LogP contribution in [0, 0.1) is 6.92 Å². The number of unbranched alkanes of at least 4 members (excludes halogenated alkanes) is 1. The topological polar surface area (TPSA) is 136 Å². The SMILES string of the molecule is COC(=O)C(CCCCNC(=O)OCC1c2ccccc2-c2ccccc21)NCc1cc(Cl)c(OCc2cccc(-c3ccccc3)c2C)cc1-c1cncc(C(=O)O)c1. The minimum absolute atomic E-state index is 0.0244. The number of carbonyl (C=O) groups is 3. The average Bonchev–Trinajstić information content (AvgIpc) is 3.60. The number of fused-ring (bicyclic) bond motifs is 3. The third-order valence-electron chi connectivity index (χ3n) is 10.9. The maximum absolute atomic E-state index is 13.0. The van der Waals surface area contributed by atoms with E-state index in [1.165, 1.54) is 13.3 Å². The second-order valence-electron chi connectivity index (χ2n) is 14.7. The van der Waals surface area contributed by atoms with Crippen LogP contribution in [0.2, 0.25) is 5.02 Å². The Morgan fingerprint density at radius 2 is 1.48 bits per heavy atom. The molecule has 1 amide bonds. The zero-order chi connectivity index (χ0) is 42.0. The number of methoxy groups -OCH3 is 1. The van der Waals surface area contributed by atoms with Gasteiger partial charge in [-0.15, -0.1) is 0 Å². The lowest BCUT2D eigenvalue weighted by molar-refractivity contribution is -0.143. The quantitative estimate of drug-likeness (QED) is 0.0607. The number of carboxylic acids is 1. The Bertz CT molecular complexity index is 2450. The molecule has 1 aliphatic carbocycles. The molecule has 6 aromatic rings. The highest BCUT2D eigenvalue weighted by molar-refractivity contribution is 6.32. The Kier molecular flexibility index (Phi) is 13.5. The predicted octanol–water partition coefficient (Wildman–Crippen LogP) is 9.99. The van der Waals surface area contributed by atoms with Crippen molar-refractivity contribution in [2.45, 2.75) is 51.3 Å². The van der Waals surface area contributed by atoms with Gasteiger partial charge in [-0.25, -0.2) is 9.59 Å². The molecular weight excluding hydrogens is 778 g/mol. The van der Waals surface area contributed by atoms with E-state index in [0.29, 0.717) is 53.3 Å². The van der Waals surface area contributed by atoms with Gasteiger partial charge < -0.3 is 30.0 Å². The Balaban J connectivity index is 0.980. The summed E-state index contributed by atoms with van der Waals surface area (Å²) in [6, 6.07) is 37.0. The highest BCUT2D eigenvalue weighted by atomic mass is 35.5. The number of carbonyl (C=O) groups excluding carboxylic acids is 2. The molecule has 0 saturated heterocycles. The first-order chi connectivity index (χ1) is 29.2. The Labute approximate surface area is 354 Å². The van der Waals surface area contributed by atoms with Crippen molar-refractivity contribution in [3.63, 3.8) is 0 Å². The summed E-state index contributed by atoms with van der Waals surface area (Å²) < 4.78 is 17.1. The molecule has 3 N–H and O–H groups in total. The first kappa shape index (κ1) is 41.7. The van der Waals surface area contributed by atoms with Crippen LogP contribution < -0.4 is 15.4 Å². The number of hydrogen-bond donors (Lipinski definition) is 3. The number of rotatable bonds is 17. The van der Waals surface area contributed by atoms with E-state index in [-0.39, 0.29) is 31.2 Å². The summed E-state index contributed by atoms with van der Waals surface area (Å²) in [7, 11) is 1.34. The van der Waals surface area contributed by atoms with E-state index >= 15 is 0 Å². The number of nitrogens with zero attached hydrogens (tertiary/aromatic N) is 1. The molecule has 5 aromatic carbocycles. The van der Waals surface area contributed by atoms with Crippen molar-refractivity contribution in [2.24, 2.45) is 0 Å². The van der Waals surface area contributed by atoms with Crippen LogP contribution in [-0.2, 0) is 27.4 Å². The van der Waals surface area contributed by atoms with E-state index in [0.717, 1.165) is 44.5 Å². The first-order valence-corrected chi connectivity index (χ1v) is 20.3. The van der Waals surface area contributed by atoms with Gasteiger partial charge in [0.05, 0.1) is 17.7 Å². The van der Waals surface area contributed by atoms with Crippen LogP contribution in [0.25, 0.3) is 33.4 Å². The van der Waals surface area contributed by atoms with Gasteiger partial charge in [0.1, 0.15) is 25.0 Å². The van der Waals surface area contributed by atoms with E-state index in [1.54, 1.807) is 24.4 Å². The second-order valence-corrected chi connectivity index (χ2v) is 15.1. The molecule has 10 nitrogen and oxygen atoms in total. The van der Waals surface area contributed by atoms with Gasteiger partial charge in [0.25, 0.3) is 0 Å². The van der Waals surface area contributed by atoms with Crippen LogP contribution in [-0.4, -0.2) is 54.4 Å². The van der Waals surface area contributed by atoms with E-state index in [9.17, 15) is 19.5 Å². The van der Waals surface area contributed by atoms with E-state index in [2.05, 4.69) is 65.0 Å². The van der Waals surface area contributed by atoms with Crippen LogP contribution in [0.4, 0.5) is 4.79 Å². The van der Waals surface area contributed by atoms with Gasteiger partial charge in [-0.2, -0.15) is 0 Å².